The van der Waals surface area contributed by atoms with Crippen molar-refractivity contribution in [3.63, 3.8) is 0 Å². The van der Waals surface area contributed by atoms with E-state index in [1.807, 2.05) is 24.3 Å². The van der Waals surface area contributed by atoms with Crippen molar-refractivity contribution in [1.82, 2.24) is 0 Å². The Balaban J connectivity index is 2.54. The zero-order valence-corrected chi connectivity index (χ0v) is 8.21. The van der Waals surface area contributed by atoms with Gasteiger partial charge in [-0.2, -0.15) is 0 Å². The van der Waals surface area contributed by atoms with E-state index in [0.717, 1.165) is 10.6 Å². The van der Waals surface area contributed by atoms with Crippen molar-refractivity contribution in [2.24, 2.45) is 0 Å². The van der Waals surface area contributed by atoms with E-state index < -0.39 is 0 Å². The average molecular weight is 200 g/mol. The molecule has 1 rings (SSSR count). The Hall–Kier alpha value is -0.710. The van der Waals surface area contributed by atoms with Crippen molar-refractivity contribution in [1.29, 1.82) is 0 Å². The molecule has 0 aromatic heterocycles. The third-order valence-electron chi connectivity index (χ3n) is 1.46. The highest BCUT2D eigenvalue weighted by molar-refractivity contribution is 7.99. The predicted molar refractivity (Wildman–Crippen MR) is 51.9 cm³/mol. The second kappa shape index (κ2) is 5.85. The molecule has 0 fully saturated rings. The van der Waals surface area contributed by atoms with Crippen LogP contribution in [0, 0.1) is 0 Å². The van der Waals surface area contributed by atoms with Crippen LogP contribution in [0.5, 0.6) is 5.75 Å². The Morgan fingerprint density at radius 2 is 2.15 bits per heavy atom. The molecule has 0 aliphatic heterocycles. The maximum atomic E-state index is 8.40. The van der Waals surface area contributed by atoms with E-state index in [1.165, 1.54) is 11.8 Å². The van der Waals surface area contributed by atoms with Crippen LogP contribution in [-0.4, -0.2) is 24.9 Å². The van der Waals surface area contributed by atoms with Crippen molar-refractivity contribution in [2.45, 2.75) is 4.90 Å². The SMILES string of the molecule is COc1ccccc1SCOCO. The number of thioether (sulfide) groups is 1. The fourth-order valence-corrected chi connectivity index (χ4v) is 1.63. The summed E-state index contributed by atoms with van der Waals surface area (Å²) in [6.07, 6.45) is 0. The minimum absolute atomic E-state index is 0.248. The molecule has 0 saturated heterocycles. The number of methoxy groups -OCH3 is 1. The van der Waals surface area contributed by atoms with Crippen LogP contribution in [0.1, 0.15) is 0 Å². The summed E-state index contributed by atoms with van der Waals surface area (Å²) in [5.41, 5.74) is 0. The minimum atomic E-state index is -0.248. The molecule has 0 amide bonds. The second-order valence-corrected chi connectivity index (χ2v) is 3.21. The van der Waals surface area contributed by atoms with Crippen LogP contribution in [0.15, 0.2) is 29.2 Å². The molecule has 13 heavy (non-hydrogen) atoms. The third kappa shape index (κ3) is 3.26. The normalized spacial score (nSPS) is 10.0. The molecule has 1 aromatic rings. The smallest absolute Gasteiger partial charge is 0.144 e. The minimum Gasteiger partial charge on any atom is -0.496 e. The van der Waals surface area contributed by atoms with Crippen molar-refractivity contribution in [3.05, 3.63) is 24.3 Å². The van der Waals surface area contributed by atoms with Gasteiger partial charge in [-0.15, -0.1) is 0 Å². The number of aliphatic hydroxyl groups is 1. The van der Waals surface area contributed by atoms with Gasteiger partial charge in [-0.05, 0) is 12.1 Å². The first-order valence-electron chi connectivity index (χ1n) is 3.83. The molecule has 0 unspecified atom stereocenters. The summed E-state index contributed by atoms with van der Waals surface area (Å²) in [6.45, 7) is -0.248. The number of ether oxygens (including phenoxy) is 2. The summed E-state index contributed by atoms with van der Waals surface area (Å²) in [5.74, 6) is 1.26. The molecule has 1 aromatic carbocycles. The van der Waals surface area contributed by atoms with E-state index in [4.69, 9.17) is 14.6 Å². The lowest BCUT2D eigenvalue weighted by Gasteiger charge is -2.06. The highest BCUT2D eigenvalue weighted by Crippen LogP contribution is 2.28. The molecule has 0 bridgehead atoms. The number of hydrogen-bond acceptors (Lipinski definition) is 4. The lowest BCUT2D eigenvalue weighted by molar-refractivity contribution is 0.0240. The average Bonchev–Trinajstić information content (AvgIpc) is 2.19. The van der Waals surface area contributed by atoms with E-state index >= 15 is 0 Å². The highest BCUT2D eigenvalue weighted by atomic mass is 32.2. The van der Waals surface area contributed by atoms with Crippen LogP contribution in [0.2, 0.25) is 0 Å². The molecule has 0 aliphatic carbocycles. The van der Waals surface area contributed by atoms with Gasteiger partial charge in [-0.1, -0.05) is 23.9 Å². The van der Waals surface area contributed by atoms with Crippen LogP contribution in [-0.2, 0) is 4.74 Å². The van der Waals surface area contributed by atoms with Crippen LogP contribution >= 0.6 is 11.8 Å². The lowest BCUT2D eigenvalue weighted by atomic mass is 10.3. The number of hydrogen-bond donors (Lipinski definition) is 1. The summed E-state index contributed by atoms with van der Waals surface area (Å²) in [7, 11) is 1.63. The monoisotopic (exact) mass is 200 g/mol. The first-order valence-corrected chi connectivity index (χ1v) is 4.81. The molecule has 1 N–H and O–H groups in total. The molecular weight excluding hydrogens is 188 g/mol. The first kappa shape index (κ1) is 10.4. The van der Waals surface area contributed by atoms with Crippen LogP contribution in [0.4, 0.5) is 0 Å². The molecule has 3 nitrogen and oxygen atoms in total. The third-order valence-corrected chi connectivity index (χ3v) is 2.39. The Bertz CT molecular complexity index is 252. The Morgan fingerprint density at radius 1 is 1.38 bits per heavy atom. The largest absolute Gasteiger partial charge is 0.496 e. The van der Waals surface area contributed by atoms with Crippen molar-refractivity contribution >= 4 is 11.8 Å². The maximum Gasteiger partial charge on any atom is 0.144 e. The van der Waals surface area contributed by atoms with Crippen molar-refractivity contribution < 1.29 is 14.6 Å². The standard InChI is InChI=1S/C9H12O3S/c1-11-8-4-2-3-5-9(8)13-7-12-6-10/h2-5,10H,6-7H2,1H3. The molecule has 72 valence electrons. The van der Waals surface area contributed by atoms with Crippen molar-refractivity contribution in [3.8, 4) is 5.75 Å². The molecule has 0 spiro atoms. The molecule has 0 atom stereocenters. The molecule has 0 saturated carbocycles. The van der Waals surface area contributed by atoms with Gasteiger partial charge in [0.25, 0.3) is 0 Å². The molecular formula is C9H12O3S. The number of para-hydroxylation sites is 1. The summed E-state index contributed by atoms with van der Waals surface area (Å²) >= 11 is 1.49. The van der Waals surface area contributed by atoms with Crippen LogP contribution < -0.4 is 4.74 Å². The van der Waals surface area contributed by atoms with Gasteiger partial charge in [0.2, 0.25) is 0 Å². The Kier molecular flexibility index (Phi) is 4.67. The lowest BCUT2D eigenvalue weighted by Crippen LogP contribution is -1.92. The van der Waals surface area contributed by atoms with Gasteiger partial charge in [0.05, 0.1) is 17.9 Å². The first-order chi connectivity index (χ1) is 6.38. The number of benzene rings is 1. The van der Waals surface area contributed by atoms with E-state index in [9.17, 15) is 0 Å². The number of aliphatic hydroxyl groups excluding tert-OH is 1. The van der Waals surface area contributed by atoms with Gasteiger partial charge in [0.15, 0.2) is 0 Å². The number of rotatable bonds is 5. The zero-order valence-electron chi connectivity index (χ0n) is 7.40. The zero-order chi connectivity index (χ0) is 9.52. The maximum absolute atomic E-state index is 8.40. The van der Waals surface area contributed by atoms with Gasteiger partial charge in [0.1, 0.15) is 12.5 Å². The van der Waals surface area contributed by atoms with Gasteiger partial charge in [-0.3, -0.25) is 0 Å². The summed E-state index contributed by atoms with van der Waals surface area (Å²) in [4.78, 5) is 1.01. The van der Waals surface area contributed by atoms with E-state index in [0.29, 0.717) is 5.94 Å². The molecule has 0 aliphatic rings. The fourth-order valence-electron chi connectivity index (χ4n) is 0.880. The van der Waals surface area contributed by atoms with Gasteiger partial charge in [-0.25, -0.2) is 0 Å². The summed E-state index contributed by atoms with van der Waals surface area (Å²) in [5, 5.41) is 8.40. The molecule has 0 radical (unpaired) electrons. The van der Waals surface area contributed by atoms with Gasteiger partial charge >= 0.3 is 0 Å². The molecule has 0 heterocycles. The highest BCUT2D eigenvalue weighted by Gasteiger charge is 2.00. The summed E-state index contributed by atoms with van der Waals surface area (Å²) in [6, 6.07) is 7.69. The second-order valence-electron chi connectivity index (χ2n) is 2.25. The topological polar surface area (TPSA) is 38.7 Å². The van der Waals surface area contributed by atoms with E-state index in [-0.39, 0.29) is 6.79 Å². The van der Waals surface area contributed by atoms with Crippen molar-refractivity contribution in [2.75, 3.05) is 19.8 Å². The fraction of sp³-hybridized carbons (Fsp3) is 0.333. The van der Waals surface area contributed by atoms with E-state index in [2.05, 4.69) is 0 Å². The quantitative estimate of drug-likeness (QED) is 0.446. The Labute approximate surface area is 81.7 Å². The van der Waals surface area contributed by atoms with Gasteiger partial charge < -0.3 is 14.6 Å². The molecule has 4 heteroatoms. The Morgan fingerprint density at radius 3 is 2.85 bits per heavy atom. The van der Waals surface area contributed by atoms with Gasteiger partial charge in [0, 0.05) is 0 Å². The van der Waals surface area contributed by atoms with E-state index in [1.54, 1.807) is 7.11 Å². The summed E-state index contributed by atoms with van der Waals surface area (Å²) < 4.78 is 9.94. The van der Waals surface area contributed by atoms with Crippen LogP contribution in [0.25, 0.3) is 0 Å². The predicted octanol–water partition coefficient (Wildman–Crippen LogP) is 1.71. The van der Waals surface area contributed by atoms with Crippen LogP contribution in [0.3, 0.4) is 0 Å².